The summed E-state index contributed by atoms with van der Waals surface area (Å²) in [6.45, 7) is 14.0. The van der Waals surface area contributed by atoms with Crippen molar-refractivity contribution in [1.29, 1.82) is 0 Å². The van der Waals surface area contributed by atoms with Crippen LogP contribution in [0.15, 0.2) is 12.1 Å². The van der Waals surface area contributed by atoms with Crippen LogP contribution in [0.3, 0.4) is 0 Å². The number of unbranched alkanes of at least 4 members (excludes halogenated alkanes) is 6. The summed E-state index contributed by atoms with van der Waals surface area (Å²) in [5.74, 6) is 0.658. The second-order valence-corrected chi connectivity index (χ2v) is 11.1. The number of carbonyl (C=O) groups is 2. The first-order valence-corrected chi connectivity index (χ1v) is 14.8. The first-order valence-electron chi connectivity index (χ1n) is 14.8. The molecule has 0 atom stereocenters. The van der Waals surface area contributed by atoms with Gasteiger partial charge in [0.1, 0.15) is 0 Å². The lowest BCUT2D eigenvalue weighted by molar-refractivity contribution is 0.0451. The minimum absolute atomic E-state index is 0.369. The molecule has 4 nitrogen and oxygen atoms in total. The predicted molar refractivity (Wildman–Crippen MR) is 151 cm³/mol. The number of esters is 2. The van der Waals surface area contributed by atoms with Crippen LogP contribution in [0.25, 0.3) is 0 Å². The van der Waals surface area contributed by atoms with E-state index < -0.39 is 5.97 Å². The van der Waals surface area contributed by atoms with Gasteiger partial charge in [-0.25, -0.2) is 9.59 Å². The topological polar surface area (TPSA) is 52.6 Å². The molecule has 0 aliphatic rings. The monoisotopic (exact) mass is 502 g/mol. The van der Waals surface area contributed by atoms with Crippen LogP contribution in [0.5, 0.6) is 0 Å². The molecule has 0 saturated carbocycles. The van der Waals surface area contributed by atoms with E-state index in [0.29, 0.717) is 30.3 Å². The summed E-state index contributed by atoms with van der Waals surface area (Å²) < 4.78 is 11.2. The van der Waals surface area contributed by atoms with Gasteiger partial charge in [0.05, 0.1) is 24.3 Å². The fourth-order valence-corrected chi connectivity index (χ4v) is 4.46. The van der Waals surface area contributed by atoms with E-state index in [1.165, 1.54) is 37.7 Å². The second kappa shape index (κ2) is 19.3. The molecule has 0 radical (unpaired) electrons. The maximum absolute atomic E-state index is 13.3. The number of hydrogen-bond donors (Lipinski definition) is 0. The van der Waals surface area contributed by atoms with Gasteiger partial charge in [0, 0.05) is 0 Å². The molecular formula is C32H54O4. The molecule has 0 aliphatic carbocycles. The molecule has 206 valence electrons. The lowest BCUT2D eigenvalue weighted by Crippen LogP contribution is -2.19. The highest BCUT2D eigenvalue weighted by molar-refractivity contribution is 6.04. The lowest BCUT2D eigenvalue weighted by atomic mass is 9.89. The standard InChI is InChI=1S/C32H54O4/c1-7-9-23-35-31(33)29-22-21-27(19-15-11-13-17-25(3)4)28(20-16-12-14-18-26(5)6)30(29)32(34)36-24-10-8-2/h21-22,25-26H,7-20,23-24H2,1-6H3. The Morgan fingerprint density at radius 1 is 0.667 bits per heavy atom. The highest BCUT2D eigenvalue weighted by atomic mass is 16.5. The zero-order valence-corrected chi connectivity index (χ0v) is 24.3. The van der Waals surface area contributed by atoms with Crippen molar-refractivity contribution >= 4 is 11.9 Å². The smallest absolute Gasteiger partial charge is 0.339 e. The Morgan fingerprint density at radius 2 is 1.19 bits per heavy atom. The molecule has 0 spiro atoms. The molecule has 0 amide bonds. The molecule has 0 heterocycles. The Kier molecular flexibility index (Phi) is 17.3. The quantitative estimate of drug-likeness (QED) is 0.132. The SMILES string of the molecule is CCCCOC(=O)c1ccc(CCCCCC(C)C)c(CCCCCC(C)C)c1C(=O)OCCCC. The molecule has 0 aromatic heterocycles. The molecule has 0 saturated heterocycles. The van der Waals surface area contributed by atoms with Crippen LogP contribution in [-0.4, -0.2) is 25.2 Å². The highest BCUT2D eigenvalue weighted by Crippen LogP contribution is 2.26. The van der Waals surface area contributed by atoms with Crippen LogP contribution < -0.4 is 0 Å². The van der Waals surface area contributed by atoms with E-state index in [2.05, 4.69) is 47.6 Å². The van der Waals surface area contributed by atoms with Crippen LogP contribution in [0.4, 0.5) is 0 Å². The third kappa shape index (κ3) is 12.9. The average molecular weight is 503 g/mol. The van der Waals surface area contributed by atoms with Gasteiger partial charge in [-0.2, -0.15) is 0 Å². The molecule has 1 rings (SSSR count). The van der Waals surface area contributed by atoms with Crippen molar-refractivity contribution in [2.24, 2.45) is 11.8 Å². The van der Waals surface area contributed by atoms with Crippen molar-refractivity contribution in [1.82, 2.24) is 0 Å². The van der Waals surface area contributed by atoms with Gasteiger partial charge >= 0.3 is 11.9 Å². The zero-order valence-electron chi connectivity index (χ0n) is 24.3. The maximum atomic E-state index is 13.3. The van der Waals surface area contributed by atoms with Crippen molar-refractivity contribution in [3.05, 3.63) is 34.4 Å². The fourth-order valence-electron chi connectivity index (χ4n) is 4.46. The van der Waals surface area contributed by atoms with Crippen molar-refractivity contribution in [3.8, 4) is 0 Å². The van der Waals surface area contributed by atoms with Gasteiger partial charge in [0.2, 0.25) is 0 Å². The molecule has 1 aromatic rings. The van der Waals surface area contributed by atoms with Crippen LogP contribution in [0.1, 0.15) is 150 Å². The van der Waals surface area contributed by atoms with E-state index in [-0.39, 0.29) is 5.97 Å². The Hall–Kier alpha value is -1.84. The number of benzene rings is 1. The van der Waals surface area contributed by atoms with E-state index in [1.807, 2.05) is 0 Å². The van der Waals surface area contributed by atoms with Crippen LogP contribution in [0, 0.1) is 11.8 Å². The molecule has 36 heavy (non-hydrogen) atoms. The predicted octanol–water partition coefficient (Wildman–Crippen LogP) is 9.12. The van der Waals surface area contributed by atoms with Gasteiger partial charge in [-0.3, -0.25) is 0 Å². The van der Waals surface area contributed by atoms with Gasteiger partial charge < -0.3 is 9.47 Å². The van der Waals surface area contributed by atoms with E-state index in [4.69, 9.17) is 9.47 Å². The van der Waals surface area contributed by atoms with E-state index in [1.54, 1.807) is 6.07 Å². The Morgan fingerprint density at radius 3 is 1.72 bits per heavy atom. The summed E-state index contributed by atoms with van der Waals surface area (Å²) in [5.41, 5.74) is 3.02. The van der Waals surface area contributed by atoms with Crippen molar-refractivity contribution in [2.45, 2.75) is 131 Å². The van der Waals surface area contributed by atoms with Crippen molar-refractivity contribution in [2.75, 3.05) is 13.2 Å². The number of carbonyl (C=O) groups excluding carboxylic acids is 2. The first-order chi connectivity index (χ1) is 17.3. The van der Waals surface area contributed by atoms with Gasteiger partial charge in [0.15, 0.2) is 0 Å². The number of aryl methyl sites for hydroxylation is 1. The first kappa shape index (κ1) is 32.2. The van der Waals surface area contributed by atoms with Crippen LogP contribution >= 0.6 is 0 Å². The average Bonchev–Trinajstić information content (AvgIpc) is 2.83. The molecule has 0 fully saturated rings. The molecule has 1 aromatic carbocycles. The van der Waals surface area contributed by atoms with Crippen LogP contribution in [0.2, 0.25) is 0 Å². The Labute approximate surface area is 221 Å². The number of rotatable bonds is 20. The van der Waals surface area contributed by atoms with Crippen molar-refractivity contribution < 1.29 is 19.1 Å². The molecule has 0 aliphatic heterocycles. The molecule has 0 unspecified atom stereocenters. The summed E-state index contributed by atoms with van der Waals surface area (Å²) in [4.78, 5) is 26.4. The lowest BCUT2D eigenvalue weighted by Gasteiger charge is -2.18. The Balaban J connectivity index is 3.21. The zero-order chi connectivity index (χ0) is 26.8. The largest absolute Gasteiger partial charge is 0.462 e. The Bertz CT molecular complexity index is 751. The third-order valence-electron chi connectivity index (χ3n) is 6.73. The number of hydrogen-bond acceptors (Lipinski definition) is 4. The summed E-state index contributed by atoms with van der Waals surface area (Å²) >= 11 is 0. The van der Waals surface area contributed by atoms with E-state index in [0.717, 1.165) is 69.3 Å². The highest BCUT2D eigenvalue weighted by Gasteiger charge is 2.25. The third-order valence-corrected chi connectivity index (χ3v) is 6.73. The molecule has 4 heteroatoms. The molecular weight excluding hydrogens is 448 g/mol. The summed E-state index contributed by atoms with van der Waals surface area (Å²) in [7, 11) is 0. The fraction of sp³-hybridized carbons (Fsp3) is 0.750. The van der Waals surface area contributed by atoms with Crippen molar-refractivity contribution in [3.63, 3.8) is 0 Å². The van der Waals surface area contributed by atoms with Gasteiger partial charge in [-0.05, 0) is 67.6 Å². The van der Waals surface area contributed by atoms with Gasteiger partial charge in [-0.1, -0.05) is 99.0 Å². The normalized spacial score (nSPS) is 11.3. The summed E-state index contributed by atoms with van der Waals surface area (Å²) in [6.07, 6.45) is 14.6. The van der Waals surface area contributed by atoms with Gasteiger partial charge in [-0.15, -0.1) is 0 Å². The minimum atomic E-state index is -0.407. The minimum Gasteiger partial charge on any atom is -0.462 e. The summed E-state index contributed by atoms with van der Waals surface area (Å²) in [6, 6.07) is 3.86. The van der Waals surface area contributed by atoms with Gasteiger partial charge in [0.25, 0.3) is 0 Å². The summed E-state index contributed by atoms with van der Waals surface area (Å²) in [5, 5.41) is 0. The molecule has 0 bridgehead atoms. The van der Waals surface area contributed by atoms with Crippen LogP contribution in [-0.2, 0) is 22.3 Å². The number of ether oxygens (including phenoxy) is 2. The maximum Gasteiger partial charge on any atom is 0.339 e. The molecule has 0 N–H and O–H groups in total. The van der Waals surface area contributed by atoms with E-state index >= 15 is 0 Å². The van der Waals surface area contributed by atoms with E-state index in [9.17, 15) is 9.59 Å². The second-order valence-electron chi connectivity index (χ2n) is 11.1.